The molecule has 0 aromatic rings. The van der Waals surface area contributed by atoms with Crippen LogP contribution in [-0.2, 0) is 9.47 Å². The van der Waals surface area contributed by atoms with E-state index < -0.39 is 0 Å². The van der Waals surface area contributed by atoms with Crippen molar-refractivity contribution in [1.29, 1.82) is 0 Å². The van der Waals surface area contributed by atoms with Gasteiger partial charge in [-0.3, -0.25) is 0 Å². The van der Waals surface area contributed by atoms with Gasteiger partial charge in [-0.25, -0.2) is 0 Å². The van der Waals surface area contributed by atoms with E-state index in [1.54, 1.807) is 0 Å². The largest absolute Gasteiger partial charge is 0.375 e. The van der Waals surface area contributed by atoms with Gasteiger partial charge in [-0.05, 0) is 32.1 Å². The highest BCUT2D eigenvalue weighted by Crippen LogP contribution is 2.32. The zero-order chi connectivity index (χ0) is 12.1. The second kappa shape index (κ2) is 6.61. The molecule has 96 valence electrons. The molecule has 0 spiro atoms. The van der Waals surface area contributed by atoms with Crippen molar-refractivity contribution in [1.82, 2.24) is 0 Å². The lowest BCUT2D eigenvalue weighted by Gasteiger charge is -2.42. The van der Waals surface area contributed by atoms with E-state index in [1.165, 1.54) is 19.3 Å². The molecule has 0 aromatic carbocycles. The third kappa shape index (κ3) is 3.46. The van der Waals surface area contributed by atoms with E-state index in [9.17, 15) is 0 Å². The minimum atomic E-state index is 0.239. The van der Waals surface area contributed by atoms with Crippen LogP contribution in [0.5, 0.6) is 0 Å². The van der Waals surface area contributed by atoms with E-state index in [0.29, 0.717) is 17.9 Å². The highest BCUT2D eigenvalue weighted by Gasteiger charge is 2.37. The first-order valence-electron chi connectivity index (χ1n) is 6.85. The molecule has 1 saturated heterocycles. The van der Waals surface area contributed by atoms with E-state index in [-0.39, 0.29) is 12.2 Å². The average molecular weight is 228 g/mol. The Bertz CT molecular complexity index is 193. The number of hydrogen-bond donors (Lipinski definition) is 0. The van der Waals surface area contributed by atoms with Gasteiger partial charge in [-0.15, -0.1) is 0 Å². The van der Waals surface area contributed by atoms with Gasteiger partial charge in [0.05, 0.1) is 18.3 Å². The van der Waals surface area contributed by atoms with Gasteiger partial charge in [0, 0.05) is 6.61 Å². The maximum Gasteiger partial charge on any atom is 0.0862 e. The predicted molar refractivity (Wildman–Crippen MR) is 67.6 cm³/mol. The van der Waals surface area contributed by atoms with Crippen LogP contribution in [0.3, 0.4) is 0 Å². The molecular weight excluding hydrogens is 200 g/mol. The summed E-state index contributed by atoms with van der Waals surface area (Å²) in [5.74, 6) is 1.19. The number of ether oxygens (including phenoxy) is 2. The quantitative estimate of drug-likeness (QED) is 0.669. The smallest absolute Gasteiger partial charge is 0.0862 e. The molecule has 0 N–H and O–H groups in total. The van der Waals surface area contributed by atoms with Crippen molar-refractivity contribution in [2.75, 3.05) is 6.61 Å². The van der Waals surface area contributed by atoms with Crippen LogP contribution in [0.4, 0.5) is 0 Å². The first-order valence-corrected chi connectivity index (χ1v) is 6.85. The minimum absolute atomic E-state index is 0.239. The lowest BCUT2D eigenvalue weighted by atomic mass is 9.82. The molecule has 1 aliphatic rings. The average Bonchev–Trinajstić information content (AvgIpc) is 2.25. The van der Waals surface area contributed by atoms with Gasteiger partial charge < -0.3 is 9.47 Å². The van der Waals surface area contributed by atoms with Gasteiger partial charge in [0.15, 0.2) is 0 Å². The topological polar surface area (TPSA) is 18.5 Å². The van der Waals surface area contributed by atoms with Crippen molar-refractivity contribution in [2.24, 2.45) is 11.8 Å². The third-order valence-electron chi connectivity index (χ3n) is 4.04. The second-order valence-electron chi connectivity index (χ2n) is 5.31. The second-order valence-corrected chi connectivity index (χ2v) is 5.31. The van der Waals surface area contributed by atoms with Crippen molar-refractivity contribution < 1.29 is 9.47 Å². The van der Waals surface area contributed by atoms with Gasteiger partial charge in [0.2, 0.25) is 0 Å². The standard InChI is InChI=1S/C14H28O2/c1-6-7-8-9-15-14-11(3)10(2)12(4)16-13(14)5/h10-14H,6-9H2,1-5H3/t10-,11-,12+,13?,14+/m0/s1. The van der Waals surface area contributed by atoms with Crippen molar-refractivity contribution >= 4 is 0 Å². The van der Waals surface area contributed by atoms with Crippen molar-refractivity contribution in [3.63, 3.8) is 0 Å². The Hall–Kier alpha value is -0.0800. The van der Waals surface area contributed by atoms with E-state index in [2.05, 4.69) is 34.6 Å². The van der Waals surface area contributed by atoms with E-state index >= 15 is 0 Å². The Labute approximate surface area is 101 Å². The van der Waals surface area contributed by atoms with E-state index in [1.807, 2.05) is 0 Å². The lowest BCUT2D eigenvalue weighted by Crippen LogP contribution is -2.48. The number of unbranched alkanes of at least 4 members (excludes halogenated alkanes) is 2. The van der Waals surface area contributed by atoms with Gasteiger partial charge in [0.1, 0.15) is 0 Å². The summed E-state index contributed by atoms with van der Waals surface area (Å²) in [5, 5.41) is 0. The van der Waals surface area contributed by atoms with Crippen LogP contribution in [0.1, 0.15) is 53.9 Å². The normalized spacial score (nSPS) is 39.9. The van der Waals surface area contributed by atoms with Gasteiger partial charge in [-0.2, -0.15) is 0 Å². The van der Waals surface area contributed by atoms with Crippen LogP contribution >= 0.6 is 0 Å². The summed E-state index contributed by atoms with van der Waals surface area (Å²) in [5.41, 5.74) is 0. The zero-order valence-electron chi connectivity index (χ0n) is 11.5. The SMILES string of the molecule is CCCCCO[C@H]1C(C)O[C@H](C)[C@@H](C)[C@@H]1C. The summed E-state index contributed by atoms with van der Waals surface area (Å²) in [6, 6.07) is 0. The summed E-state index contributed by atoms with van der Waals surface area (Å²) in [6.45, 7) is 12.0. The highest BCUT2D eigenvalue weighted by atomic mass is 16.5. The summed E-state index contributed by atoms with van der Waals surface area (Å²) >= 11 is 0. The maximum absolute atomic E-state index is 6.00. The van der Waals surface area contributed by atoms with Crippen molar-refractivity contribution in [3.8, 4) is 0 Å². The van der Waals surface area contributed by atoms with Gasteiger partial charge >= 0.3 is 0 Å². The van der Waals surface area contributed by atoms with Crippen molar-refractivity contribution in [3.05, 3.63) is 0 Å². The minimum Gasteiger partial charge on any atom is -0.375 e. The molecule has 1 aliphatic heterocycles. The van der Waals surface area contributed by atoms with Crippen LogP contribution in [0, 0.1) is 11.8 Å². The fourth-order valence-electron chi connectivity index (χ4n) is 2.55. The van der Waals surface area contributed by atoms with Gasteiger partial charge in [-0.1, -0.05) is 33.6 Å². The molecule has 1 rings (SSSR count). The summed E-state index contributed by atoms with van der Waals surface area (Å²) < 4.78 is 11.9. The molecule has 1 fully saturated rings. The fourth-order valence-corrected chi connectivity index (χ4v) is 2.55. The molecular formula is C14H28O2. The lowest BCUT2D eigenvalue weighted by molar-refractivity contribution is -0.175. The molecule has 0 aliphatic carbocycles. The summed E-state index contributed by atoms with van der Waals surface area (Å²) in [6.07, 6.45) is 4.58. The Morgan fingerprint density at radius 3 is 2.25 bits per heavy atom. The summed E-state index contributed by atoms with van der Waals surface area (Å²) in [7, 11) is 0. The molecule has 0 amide bonds. The maximum atomic E-state index is 6.00. The number of rotatable bonds is 5. The highest BCUT2D eigenvalue weighted by molar-refractivity contribution is 4.85. The monoisotopic (exact) mass is 228 g/mol. The molecule has 0 saturated carbocycles. The van der Waals surface area contributed by atoms with E-state index in [0.717, 1.165) is 6.61 Å². The molecule has 5 atom stereocenters. The van der Waals surface area contributed by atoms with Crippen LogP contribution in [-0.4, -0.2) is 24.9 Å². The van der Waals surface area contributed by atoms with Gasteiger partial charge in [0.25, 0.3) is 0 Å². The van der Waals surface area contributed by atoms with E-state index in [4.69, 9.17) is 9.47 Å². The fraction of sp³-hybridized carbons (Fsp3) is 1.00. The molecule has 2 heteroatoms. The molecule has 2 nitrogen and oxygen atoms in total. The first-order chi connectivity index (χ1) is 7.57. The molecule has 0 bridgehead atoms. The summed E-state index contributed by atoms with van der Waals surface area (Å²) in [4.78, 5) is 0. The Morgan fingerprint density at radius 1 is 0.938 bits per heavy atom. The molecule has 0 aromatic heterocycles. The van der Waals surface area contributed by atoms with Crippen LogP contribution in [0.25, 0.3) is 0 Å². The Morgan fingerprint density at radius 2 is 1.62 bits per heavy atom. The molecule has 16 heavy (non-hydrogen) atoms. The molecule has 0 radical (unpaired) electrons. The Balaban J connectivity index is 2.38. The van der Waals surface area contributed by atoms with Crippen LogP contribution < -0.4 is 0 Å². The Kier molecular flexibility index (Phi) is 5.77. The first kappa shape index (κ1) is 14.0. The predicted octanol–water partition coefficient (Wildman–Crippen LogP) is 3.64. The number of hydrogen-bond acceptors (Lipinski definition) is 2. The molecule has 1 heterocycles. The zero-order valence-corrected chi connectivity index (χ0v) is 11.5. The molecule has 1 unspecified atom stereocenters. The third-order valence-corrected chi connectivity index (χ3v) is 4.04. The van der Waals surface area contributed by atoms with Crippen LogP contribution in [0.15, 0.2) is 0 Å². The van der Waals surface area contributed by atoms with Crippen molar-refractivity contribution in [2.45, 2.75) is 72.2 Å². The van der Waals surface area contributed by atoms with Crippen LogP contribution in [0.2, 0.25) is 0 Å².